The van der Waals surface area contributed by atoms with E-state index in [-0.39, 0.29) is 0 Å². The number of rotatable bonds is 4. The van der Waals surface area contributed by atoms with E-state index in [1.807, 2.05) is 0 Å². The van der Waals surface area contributed by atoms with Gasteiger partial charge in [0.25, 0.3) is 0 Å². The zero-order valence-electron chi connectivity index (χ0n) is 8.71. The lowest BCUT2D eigenvalue weighted by Crippen LogP contribution is -2.22. The van der Waals surface area contributed by atoms with Crippen molar-refractivity contribution in [2.45, 2.75) is 58.1 Å². The molecule has 0 aromatic heterocycles. The Bertz CT molecular complexity index is 130. The van der Waals surface area contributed by atoms with E-state index in [1.165, 1.54) is 32.1 Å². The molecule has 0 saturated heterocycles. The van der Waals surface area contributed by atoms with Crippen LogP contribution < -0.4 is 5.73 Å². The predicted octanol–water partition coefficient (Wildman–Crippen LogP) is 2.26. The largest absolute Gasteiger partial charge is 0.379 e. The van der Waals surface area contributed by atoms with Gasteiger partial charge in [-0.15, -0.1) is 0 Å². The maximum Gasteiger partial charge on any atom is 0.102 e. The van der Waals surface area contributed by atoms with Crippen LogP contribution in [0.4, 0.5) is 0 Å². The standard InChI is InChI=1S/C11H23NO/c1-9(7-8-11(12)13)10-5-3-2-4-6-10/h9-11,13H,2-8,12H2,1H3/t9-,11?/m0/s1. The maximum atomic E-state index is 8.98. The quantitative estimate of drug-likeness (QED) is 0.660. The summed E-state index contributed by atoms with van der Waals surface area (Å²) in [6.45, 7) is 2.30. The van der Waals surface area contributed by atoms with Gasteiger partial charge in [0.05, 0.1) is 0 Å². The topological polar surface area (TPSA) is 46.2 Å². The van der Waals surface area contributed by atoms with Crippen molar-refractivity contribution in [1.29, 1.82) is 0 Å². The molecule has 3 N–H and O–H groups in total. The van der Waals surface area contributed by atoms with Crippen LogP contribution in [0.2, 0.25) is 0 Å². The monoisotopic (exact) mass is 185 g/mol. The van der Waals surface area contributed by atoms with Gasteiger partial charge >= 0.3 is 0 Å². The van der Waals surface area contributed by atoms with Crippen molar-refractivity contribution >= 4 is 0 Å². The molecule has 0 aliphatic heterocycles. The Hall–Kier alpha value is -0.0800. The van der Waals surface area contributed by atoms with Crippen LogP contribution in [0.5, 0.6) is 0 Å². The molecule has 0 heterocycles. The summed E-state index contributed by atoms with van der Waals surface area (Å²) in [4.78, 5) is 0. The molecule has 1 aliphatic carbocycles. The fraction of sp³-hybridized carbons (Fsp3) is 1.00. The first-order chi connectivity index (χ1) is 6.20. The summed E-state index contributed by atoms with van der Waals surface area (Å²) in [5.41, 5.74) is 5.33. The van der Waals surface area contributed by atoms with Gasteiger partial charge < -0.3 is 10.8 Å². The molecule has 2 nitrogen and oxygen atoms in total. The third-order valence-electron chi connectivity index (χ3n) is 3.37. The van der Waals surface area contributed by atoms with Gasteiger partial charge in [-0.2, -0.15) is 0 Å². The molecular formula is C11H23NO. The molecule has 0 amide bonds. The molecule has 1 rings (SSSR count). The Kier molecular flexibility index (Phi) is 4.74. The summed E-state index contributed by atoms with van der Waals surface area (Å²) < 4.78 is 0. The molecule has 1 fully saturated rings. The second-order valence-electron chi connectivity index (χ2n) is 4.52. The van der Waals surface area contributed by atoms with Crippen LogP contribution in [0, 0.1) is 11.8 Å². The fourth-order valence-corrected chi connectivity index (χ4v) is 2.37. The molecular weight excluding hydrogens is 162 g/mol. The Morgan fingerprint density at radius 1 is 1.23 bits per heavy atom. The molecule has 0 aromatic rings. The first-order valence-corrected chi connectivity index (χ1v) is 5.64. The van der Waals surface area contributed by atoms with Crippen molar-refractivity contribution < 1.29 is 5.11 Å². The predicted molar refractivity (Wildman–Crippen MR) is 55.2 cm³/mol. The number of aliphatic hydroxyl groups excluding tert-OH is 1. The van der Waals surface area contributed by atoms with E-state index < -0.39 is 6.23 Å². The van der Waals surface area contributed by atoms with Crippen molar-refractivity contribution in [1.82, 2.24) is 0 Å². The van der Waals surface area contributed by atoms with Crippen molar-refractivity contribution in [3.63, 3.8) is 0 Å². The van der Waals surface area contributed by atoms with Crippen molar-refractivity contribution in [3.05, 3.63) is 0 Å². The van der Waals surface area contributed by atoms with Crippen molar-refractivity contribution in [2.24, 2.45) is 17.6 Å². The lowest BCUT2D eigenvalue weighted by Gasteiger charge is -2.27. The van der Waals surface area contributed by atoms with E-state index in [1.54, 1.807) is 0 Å². The molecule has 0 spiro atoms. The van der Waals surface area contributed by atoms with Crippen molar-refractivity contribution in [2.75, 3.05) is 0 Å². The molecule has 0 bridgehead atoms. The van der Waals surface area contributed by atoms with E-state index in [0.29, 0.717) is 0 Å². The Balaban J connectivity index is 2.17. The molecule has 78 valence electrons. The smallest absolute Gasteiger partial charge is 0.102 e. The van der Waals surface area contributed by atoms with Gasteiger partial charge in [0.2, 0.25) is 0 Å². The highest BCUT2D eigenvalue weighted by Gasteiger charge is 2.19. The SMILES string of the molecule is C[C@@H](CCC(N)O)C1CCCCC1. The molecule has 13 heavy (non-hydrogen) atoms. The van der Waals surface area contributed by atoms with Gasteiger partial charge in [-0.1, -0.05) is 39.0 Å². The second-order valence-corrected chi connectivity index (χ2v) is 4.52. The summed E-state index contributed by atoms with van der Waals surface area (Å²) in [7, 11) is 0. The molecule has 0 aromatic carbocycles. The third-order valence-corrected chi connectivity index (χ3v) is 3.37. The average molecular weight is 185 g/mol. The van der Waals surface area contributed by atoms with Gasteiger partial charge in [0, 0.05) is 0 Å². The molecule has 1 unspecified atom stereocenters. The summed E-state index contributed by atoms with van der Waals surface area (Å²) >= 11 is 0. The van der Waals surface area contributed by atoms with E-state index >= 15 is 0 Å². The molecule has 1 aliphatic rings. The van der Waals surface area contributed by atoms with Crippen LogP contribution >= 0.6 is 0 Å². The minimum absolute atomic E-state index is 0.606. The number of hydrogen-bond donors (Lipinski definition) is 2. The van der Waals surface area contributed by atoms with Gasteiger partial charge in [0.15, 0.2) is 0 Å². The van der Waals surface area contributed by atoms with Crippen molar-refractivity contribution in [3.8, 4) is 0 Å². The number of nitrogens with two attached hydrogens (primary N) is 1. The Morgan fingerprint density at radius 2 is 1.85 bits per heavy atom. The van der Waals surface area contributed by atoms with Crippen LogP contribution in [0.1, 0.15) is 51.9 Å². The highest BCUT2D eigenvalue weighted by Crippen LogP contribution is 2.31. The minimum atomic E-state index is -0.606. The van der Waals surface area contributed by atoms with Gasteiger partial charge in [-0.25, -0.2) is 0 Å². The molecule has 0 radical (unpaired) electrons. The highest BCUT2D eigenvalue weighted by atomic mass is 16.3. The summed E-state index contributed by atoms with van der Waals surface area (Å²) in [5.74, 6) is 1.64. The van der Waals surface area contributed by atoms with Crippen LogP contribution in [0.3, 0.4) is 0 Å². The lowest BCUT2D eigenvalue weighted by atomic mass is 9.79. The third kappa shape index (κ3) is 4.10. The lowest BCUT2D eigenvalue weighted by molar-refractivity contribution is 0.149. The summed E-state index contributed by atoms with van der Waals surface area (Å²) in [6.07, 6.45) is 8.25. The average Bonchev–Trinajstić information content (AvgIpc) is 2.15. The first-order valence-electron chi connectivity index (χ1n) is 5.64. The fourth-order valence-electron chi connectivity index (χ4n) is 2.37. The Labute approximate surface area is 81.5 Å². The molecule has 2 heteroatoms. The molecule has 1 saturated carbocycles. The molecule has 2 atom stereocenters. The van der Waals surface area contributed by atoms with E-state index in [2.05, 4.69) is 6.92 Å². The van der Waals surface area contributed by atoms with Crippen LogP contribution in [-0.4, -0.2) is 11.3 Å². The highest BCUT2D eigenvalue weighted by molar-refractivity contribution is 4.71. The van der Waals surface area contributed by atoms with Crippen LogP contribution in [0.15, 0.2) is 0 Å². The van der Waals surface area contributed by atoms with E-state index in [9.17, 15) is 0 Å². The van der Waals surface area contributed by atoms with Gasteiger partial charge in [-0.3, -0.25) is 0 Å². The first kappa shape index (κ1) is 11.0. The number of aliphatic hydroxyl groups is 1. The summed E-state index contributed by atoms with van der Waals surface area (Å²) in [5, 5.41) is 8.98. The summed E-state index contributed by atoms with van der Waals surface area (Å²) in [6, 6.07) is 0. The van der Waals surface area contributed by atoms with Crippen LogP contribution in [-0.2, 0) is 0 Å². The van der Waals surface area contributed by atoms with E-state index in [0.717, 1.165) is 24.7 Å². The maximum absolute atomic E-state index is 8.98. The Morgan fingerprint density at radius 3 is 2.38 bits per heavy atom. The normalized spacial score (nSPS) is 24.2. The number of hydrogen-bond acceptors (Lipinski definition) is 2. The van der Waals surface area contributed by atoms with Gasteiger partial charge in [0.1, 0.15) is 6.23 Å². The van der Waals surface area contributed by atoms with E-state index in [4.69, 9.17) is 10.8 Å². The minimum Gasteiger partial charge on any atom is -0.379 e. The zero-order valence-corrected chi connectivity index (χ0v) is 8.71. The van der Waals surface area contributed by atoms with Crippen LogP contribution in [0.25, 0.3) is 0 Å². The second kappa shape index (κ2) is 5.61. The van der Waals surface area contributed by atoms with Gasteiger partial charge in [-0.05, 0) is 24.7 Å². The zero-order chi connectivity index (χ0) is 9.68.